The maximum Gasteiger partial charge on any atom is 0.261 e. The van der Waals surface area contributed by atoms with Crippen molar-refractivity contribution in [3.63, 3.8) is 0 Å². The number of benzene rings is 1. The molecule has 4 rings (SSSR count). The molecule has 24 heavy (non-hydrogen) atoms. The molecule has 1 aromatic carbocycles. The van der Waals surface area contributed by atoms with E-state index in [1.165, 1.54) is 36.6 Å². The Kier molecular flexibility index (Phi) is 4.08. The fourth-order valence-corrected chi connectivity index (χ4v) is 4.29. The van der Waals surface area contributed by atoms with E-state index in [0.29, 0.717) is 16.8 Å². The van der Waals surface area contributed by atoms with E-state index in [-0.39, 0.29) is 18.0 Å². The molecule has 0 unspecified atom stereocenters. The van der Waals surface area contributed by atoms with Crippen LogP contribution in [0.15, 0.2) is 35.4 Å². The average molecular weight is 325 g/mol. The summed E-state index contributed by atoms with van der Waals surface area (Å²) in [7, 11) is 0. The van der Waals surface area contributed by atoms with Crippen molar-refractivity contribution in [3.05, 3.63) is 40.9 Å². The van der Waals surface area contributed by atoms with Gasteiger partial charge in [0, 0.05) is 13.1 Å². The van der Waals surface area contributed by atoms with Crippen LogP contribution in [0.2, 0.25) is 0 Å². The van der Waals surface area contributed by atoms with Gasteiger partial charge in [-0.15, -0.1) is 0 Å². The molecule has 2 heterocycles. The molecule has 5 heteroatoms. The van der Waals surface area contributed by atoms with Crippen molar-refractivity contribution in [2.45, 2.75) is 38.6 Å². The molecular weight excluding hydrogens is 302 g/mol. The molecule has 5 nitrogen and oxygen atoms in total. The minimum absolute atomic E-state index is 0.0400. The Hall–Kier alpha value is -2.17. The molecule has 1 aliphatic carbocycles. The molecule has 0 radical (unpaired) electrons. The van der Waals surface area contributed by atoms with Crippen molar-refractivity contribution in [2.24, 2.45) is 11.8 Å². The maximum absolute atomic E-state index is 12.7. The highest BCUT2D eigenvalue weighted by Crippen LogP contribution is 2.36. The third-order valence-electron chi connectivity index (χ3n) is 5.68. The number of carbonyl (C=O) groups is 1. The first-order chi connectivity index (χ1) is 11.7. The van der Waals surface area contributed by atoms with Crippen molar-refractivity contribution in [3.8, 4) is 0 Å². The number of para-hydroxylation sites is 1. The molecular formula is C19H23N3O2. The van der Waals surface area contributed by atoms with Crippen LogP contribution < -0.4 is 5.56 Å². The second kappa shape index (κ2) is 6.38. The van der Waals surface area contributed by atoms with E-state index >= 15 is 0 Å². The van der Waals surface area contributed by atoms with Gasteiger partial charge in [0.1, 0.15) is 6.54 Å². The fraction of sp³-hybridized carbons (Fsp3) is 0.526. The lowest BCUT2D eigenvalue weighted by Crippen LogP contribution is -2.46. The van der Waals surface area contributed by atoms with Crippen LogP contribution in [0, 0.1) is 11.8 Å². The smallest absolute Gasteiger partial charge is 0.261 e. The van der Waals surface area contributed by atoms with Crippen molar-refractivity contribution < 1.29 is 4.79 Å². The third kappa shape index (κ3) is 2.83. The minimum Gasteiger partial charge on any atom is -0.341 e. The molecule has 1 saturated heterocycles. The summed E-state index contributed by atoms with van der Waals surface area (Å²) in [6.45, 7) is 1.78. The molecule has 1 amide bonds. The lowest BCUT2D eigenvalue weighted by molar-refractivity contribution is -0.135. The van der Waals surface area contributed by atoms with Crippen LogP contribution in [0.4, 0.5) is 0 Å². The van der Waals surface area contributed by atoms with Gasteiger partial charge in [0.15, 0.2) is 0 Å². The molecule has 2 aromatic rings. The Morgan fingerprint density at radius 2 is 1.92 bits per heavy atom. The lowest BCUT2D eigenvalue weighted by atomic mass is 9.75. The van der Waals surface area contributed by atoms with Crippen LogP contribution in [0.1, 0.15) is 32.1 Å². The van der Waals surface area contributed by atoms with Crippen LogP contribution in [0.3, 0.4) is 0 Å². The van der Waals surface area contributed by atoms with Gasteiger partial charge in [-0.05, 0) is 36.8 Å². The van der Waals surface area contributed by atoms with Crippen LogP contribution >= 0.6 is 0 Å². The number of likely N-dealkylation sites (tertiary alicyclic amines) is 1. The van der Waals surface area contributed by atoms with Crippen molar-refractivity contribution in [2.75, 3.05) is 13.1 Å². The molecule has 2 aliphatic rings. The highest BCUT2D eigenvalue weighted by Gasteiger charge is 2.32. The predicted octanol–water partition coefficient (Wildman–Crippen LogP) is 2.44. The topological polar surface area (TPSA) is 55.2 Å². The zero-order valence-electron chi connectivity index (χ0n) is 13.9. The number of hydrogen-bond acceptors (Lipinski definition) is 3. The summed E-state index contributed by atoms with van der Waals surface area (Å²) in [5, 5.41) is 0.568. The molecule has 1 aromatic heterocycles. The molecule has 0 bridgehead atoms. The SMILES string of the molecule is O=C(Cn1cnc2ccccc2c1=O)N1CC[C@@H]2CCCC[C@H]2C1. The van der Waals surface area contributed by atoms with Gasteiger partial charge in [-0.1, -0.05) is 31.4 Å². The van der Waals surface area contributed by atoms with E-state index in [1.54, 1.807) is 6.07 Å². The first kappa shape index (κ1) is 15.4. The number of amides is 1. The summed E-state index contributed by atoms with van der Waals surface area (Å²) in [4.78, 5) is 31.4. The van der Waals surface area contributed by atoms with E-state index in [1.807, 2.05) is 23.1 Å². The van der Waals surface area contributed by atoms with Crippen molar-refractivity contribution in [1.29, 1.82) is 0 Å². The van der Waals surface area contributed by atoms with Gasteiger partial charge < -0.3 is 4.90 Å². The van der Waals surface area contributed by atoms with Crippen molar-refractivity contribution >= 4 is 16.8 Å². The highest BCUT2D eigenvalue weighted by atomic mass is 16.2. The van der Waals surface area contributed by atoms with E-state index in [9.17, 15) is 9.59 Å². The van der Waals surface area contributed by atoms with Gasteiger partial charge in [-0.3, -0.25) is 14.2 Å². The summed E-state index contributed by atoms with van der Waals surface area (Å²) >= 11 is 0. The zero-order valence-corrected chi connectivity index (χ0v) is 13.9. The third-order valence-corrected chi connectivity index (χ3v) is 5.68. The minimum atomic E-state index is -0.137. The zero-order chi connectivity index (χ0) is 16.5. The monoisotopic (exact) mass is 325 g/mol. The van der Waals surface area contributed by atoms with Gasteiger partial charge in [0.05, 0.1) is 17.2 Å². The summed E-state index contributed by atoms with van der Waals surface area (Å²) in [6.07, 6.45) is 7.80. The summed E-state index contributed by atoms with van der Waals surface area (Å²) in [5.74, 6) is 1.49. The Labute approximate surface area is 141 Å². The molecule has 0 N–H and O–H groups in total. The quantitative estimate of drug-likeness (QED) is 0.852. The van der Waals surface area contributed by atoms with Gasteiger partial charge in [0.25, 0.3) is 5.56 Å². The number of rotatable bonds is 2. The van der Waals surface area contributed by atoms with E-state index in [2.05, 4.69) is 4.98 Å². The molecule has 2 atom stereocenters. The summed E-state index contributed by atoms with van der Waals surface area (Å²) in [5.41, 5.74) is 0.538. The molecule has 1 saturated carbocycles. The predicted molar refractivity (Wildman–Crippen MR) is 92.6 cm³/mol. The number of piperidine rings is 1. The normalized spacial score (nSPS) is 23.9. The largest absolute Gasteiger partial charge is 0.341 e. The molecule has 126 valence electrons. The Morgan fingerprint density at radius 1 is 1.12 bits per heavy atom. The second-order valence-corrected chi connectivity index (χ2v) is 7.13. The number of aromatic nitrogens is 2. The van der Waals surface area contributed by atoms with Gasteiger partial charge in [-0.25, -0.2) is 4.98 Å². The van der Waals surface area contributed by atoms with Gasteiger partial charge in [0.2, 0.25) is 5.91 Å². The first-order valence-electron chi connectivity index (χ1n) is 8.94. The number of hydrogen-bond donors (Lipinski definition) is 0. The highest BCUT2D eigenvalue weighted by molar-refractivity contribution is 5.79. The Balaban J connectivity index is 1.50. The molecule has 1 aliphatic heterocycles. The number of nitrogens with zero attached hydrogens (tertiary/aromatic N) is 3. The van der Waals surface area contributed by atoms with Crippen LogP contribution in [-0.4, -0.2) is 33.4 Å². The number of fused-ring (bicyclic) bond motifs is 2. The first-order valence-corrected chi connectivity index (χ1v) is 8.94. The lowest BCUT2D eigenvalue weighted by Gasteiger charge is -2.41. The van der Waals surface area contributed by atoms with Crippen LogP contribution in [0.25, 0.3) is 10.9 Å². The van der Waals surface area contributed by atoms with Crippen molar-refractivity contribution in [1.82, 2.24) is 14.5 Å². The number of carbonyl (C=O) groups excluding carboxylic acids is 1. The molecule has 2 fully saturated rings. The summed E-state index contributed by atoms with van der Waals surface area (Å²) in [6, 6.07) is 7.26. The second-order valence-electron chi connectivity index (χ2n) is 7.13. The summed E-state index contributed by atoms with van der Waals surface area (Å²) < 4.78 is 1.44. The van der Waals surface area contributed by atoms with Crippen LogP contribution in [0.5, 0.6) is 0 Å². The van der Waals surface area contributed by atoms with Gasteiger partial charge in [-0.2, -0.15) is 0 Å². The van der Waals surface area contributed by atoms with E-state index in [0.717, 1.165) is 25.4 Å². The fourth-order valence-electron chi connectivity index (χ4n) is 4.29. The average Bonchev–Trinajstić information content (AvgIpc) is 2.64. The standard InChI is InChI=1S/C19H23N3O2/c23-18(21-10-9-14-5-1-2-6-15(14)11-21)12-22-13-20-17-8-4-3-7-16(17)19(22)24/h3-4,7-8,13-15H,1-2,5-6,9-12H2/t14-,15-/m0/s1. The Morgan fingerprint density at radius 3 is 2.79 bits per heavy atom. The van der Waals surface area contributed by atoms with Crippen LogP contribution in [-0.2, 0) is 11.3 Å². The Bertz CT molecular complexity index is 814. The van der Waals surface area contributed by atoms with E-state index in [4.69, 9.17) is 0 Å². The van der Waals surface area contributed by atoms with Gasteiger partial charge >= 0.3 is 0 Å². The van der Waals surface area contributed by atoms with E-state index < -0.39 is 0 Å². The molecule has 0 spiro atoms. The maximum atomic E-state index is 12.7.